The molecule has 2 aromatic rings. The number of amides is 3. The summed E-state index contributed by atoms with van der Waals surface area (Å²) in [6.07, 6.45) is -1.39. The lowest BCUT2D eigenvalue weighted by Crippen LogP contribution is -2.33. The Bertz CT molecular complexity index is 1010. The number of benzene rings is 2. The van der Waals surface area contributed by atoms with E-state index in [1.807, 2.05) is 12.1 Å². The molecule has 0 unspecified atom stereocenters. The largest absolute Gasteiger partial charge is 0.448 e. The number of carbonyl (C=O) groups is 3. The third-order valence-corrected chi connectivity index (χ3v) is 5.20. The molecule has 8 nitrogen and oxygen atoms in total. The van der Waals surface area contributed by atoms with Gasteiger partial charge in [0, 0.05) is 19.0 Å². The molecule has 1 atom stereocenters. The zero-order chi connectivity index (χ0) is 22.0. The maximum Gasteiger partial charge on any atom is 0.414 e. The summed E-state index contributed by atoms with van der Waals surface area (Å²) in [5, 5.41) is 2.61. The van der Waals surface area contributed by atoms with Crippen molar-refractivity contribution in [3.8, 4) is 11.1 Å². The number of carbonyl (C=O) groups excluding carboxylic acids is 3. The molecule has 2 saturated heterocycles. The maximum absolute atomic E-state index is 14.8. The Balaban J connectivity index is 1.44. The fourth-order valence-electron chi connectivity index (χ4n) is 3.58. The van der Waals surface area contributed by atoms with Gasteiger partial charge in [-0.2, -0.15) is 0 Å². The Morgan fingerprint density at radius 1 is 1.16 bits per heavy atom. The van der Waals surface area contributed by atoms with Gasteiger partial charge in [0.15, 0.2) is 0 Å². The summed E-state index contributed by atoms with van der Waals surface area (Å²) in [6, 6.07) is 11.9. The van der Waals surface area contributed by atoms with Crippen molar-refractivity contribution in [3.05, 3.63) is 53.8 Å². The molecule has 2 aromatic carbocycles. The first kappa shape index (κ1) is 20.6. The van der Waals surface area contributed by atoms with Crippen LogP contribution < -0.4 is 10.2 Å². The van der Waals surface area contributed by atoms with Gasteiger partial charge in [-0.05, 0) is 29.3 Å². The van der Waals surface area contributed by atoms with E-state index in [0.29, 0.717) is 36.5 Å². The highest BCUT2D eigenvalue weighted by Crippen LogP contribution is 2.29. The third-order valence-electron chi connectivity index (χ3n) is 5.20. The molecule has 0 radical (unpaired) electrons. The molecular formula is C22H22FN3O5. The fourth-order valence-corrected chi connectivity index (χ4v) is 3.58. The van der Waals surface area contributed by atoms with Crippen molar-refractivity contribution in [1.82, 2.24) is 10.2 Å². The minimum Gasteiger partial charge on any atom is -0.448 e. The second-order valence-electron chi connectivity index (χ2n) is 7.45. The Morgan fingerprint density at radius 3 is 2.58 bits per heavy atom. The van der Waals surface area contributed by atoms with Gasteiger partial charge in [0.25, 0.3) is 0 Å². The summed E-state index contributed by atoms with van der Waals surface area (Å²) in [4.78, 5) is 37.7. The molecule has 3 amide bonds. The lowest BCUT2D eigenvalue weighted by atomic mass is 10.0. The molecule has 2 aliphatic rings. The van der Waals surface area contributed by atoms with Gasteiger partial charge in [-0.3, -0.25) is 9.69 Å². The third kappa shape index (κ3) is 4.60. The van der Waals surface area contributed by atoms with E-state index in [1.54, 1.807) is 29.2 Å². The van der Waals surface area contributed by atoms with Crippen LogP contribution in [0.5, 0.6) is 0 Å². The molecule has 1 N–H and O–H groups in total. The molecule has 2 aliphatic heterocycles. The average Bonchev–Trinajstić information content (AvgIpc) is 3.32. The molecule has 0 saturated carbocycles. The molecule has 0 spiro atoms. The van der Waals surface area contributed by atoms with Crippen LogP contribution in [-0.4, -0.2) is 55.3 Å². The van der Waals surface area contributed by atoms with E-state index in [2.05, 4.69) is 5.32 Å². The summed E-state index contributed by atoms with van der Waals surface area (Å²) < 4.78 is 25.0. The summed E-state index contributed by atoms with van der Waals surface area (Å²) in [6.45, 7) is 3.21. The molecule has 2 fully saturated rings. The van der Waals surface area contributed by atoms with Crippen molar-refractivity contribution >= 4 is 23.8 Å². The first-order valence-electron chi connectivity index (χ1n) is 9.94. The highest BCUT2D eigenvalue weighted by molar-refractivity contribution is 5.90. The van der Waals surface area contributed by atoms with Crippen LogP contribution in [0, 0.1) is 5.82 Å². The first-order chi connectivity index (χ1) is 14.9. The smallest absolute Gasteiger partial charge is 0.414 e. The molecule has 162 valence electrons. The summed E-state index contributed by atoms with van der Waals surface area (Å²) >= 11 is 0. The summed E-state index contributed by atoms with van der Waals surface area (Å²) in [7, 11) is 0. The van der Waals surface area contributed by atoms with Crippen molar-refractivity contribution in [2.45, 2.75) is 19.6 Å². The molecule has 4 rings (SSSR count). The van der Waals surface area contributed by atoms with Crippen LogP contribution in [0.1, 0.15) is 12.5 Å². The fraction of sp³-hybridized carbons (Fsp3) is 0.318. The number of nitrogens with one attached hydrogen (secondary N) is 1. The lowest BCUT2D eigenvalue weighted by Gasteiger charge is -2.15. The van der Waals surface area contributed by atoms with Crippen LogP contribution in [0.25, 0.3) is 11.1 Å². The first-order valence-corrected chi connectivity index (χ1v) is 9.94. The van der Waals surface area contributed by atoms with Crippen molar-refractivity contribution in [2.24, 2.45) is 0 Å². The molecule has 31 heavy (non-hydrogen) atoms. The van der Waals surface area contributed by atoms with Crippen molar-refractivity contribution < 1.29 is 28.2 Å². The van der Waals surface area contributed by atoms with Crippen molar-refractivity contribution in [2.75, 3.05) is 31.1 Å². The van der Waals surface area contributed by atoms with Crippen LogP contribution in [0.3, 0.4) is 0 Å². The summed E-state index contributed by atoms with van der Waals surface area (Å²) in [5.74, 6) is -0.678. The van der Waals surface area contributed by atoms with Gasteiger partial charge >= 0.3 is 12.2 Å². The Labute approximate surface area is 178 Å². The number of cyclic esters (lactones) is 2. The highest BCUT2D eigenvalue weighted by atomic mass is 19.1. The number of anilines is 1. The zero-order valence-corrected chi connectivity index (χ0v) is 17.0. The van der Waals surface area contributed by atoms with Gasteiger partial charge < -0.3 is 19.7 Å². The van der Waals surface area contributed by atoms with E-state index in [-0.39, 0.29) is 25.1 Å². The Kier molecular flexibility index (Phi) is 5.75. The van der Waals surface area contributed by atoms with Crippen LogP contribution in [0.15, 0.2) is 42.5 Å². The van der Waals surface area contributed by atoms with E-state index in [1.165, 1.54) is 17.9 Å². The van der Waals surface area contributed by atoms with Crippen molar-refractivity contribution in [1.29, 1.82) is 0 Å². The normalized spacial score (nSPS) is 18.2. The summed E-state index contributed by atoms with van der Waals surface area (Å²) in [5.41, 5.74) is 2.40. The SMILES string of the molecule is CC(=O)NC[C@H]1CN(c2ccc(-c3ccc(CN4CCOC4=O)cc3)c(F)c2)C(=O)O1. The van der Waals surface area contributed by atoms with E-state index in [9.17, 15) is 18.8 Å². The number of rotatable bonds is 6. The predicted molar refractivity (Wildman–Crippen MR) is 110 cm³/mol. The molecule has 0 aromatic heterocycles. The van der Waals surface area contributed by atoms with Crippen LogP contribution in [0.2, 0.25) is 0 Å². The zero-order valence-electron chi connectivity index (χ0n) is 17.0. The number of halogens is 1. The van der Waals surface area contributed by atoms with E-state index >= 15 is 0 Å². The minimum absolute atomic E-state index is 0.208. The van der Waals surface area contributed by atoms with E-state index in [4.69, 9.17) is 9.47 Å². The Hall–Kier alpha value is -3.62. The monoisotopic (exact) mass is 427 g/mol. The predicted octanol–water partition coefficient (Wildman–Crippen LogP) is 2.91. The van der Waals surface area contributed by atoms with E-state index in [0.717, 1.165) is 5.56 Å². The lowest BCUT2D eigenvalue weighted by molar-refractivity contribution is -0.119. The number of ether oxygens (including phenoxy) is 2. The molecule has 2 heterocycles. The van der Waals surface area contributed by atoms with Gasteiger partial charge in [-0.25, -0.2) is 14.0 Å². The number of hydrogen-bond donors (Lipinski definition) is 1. The molecule has 0 bridgehead atoms. The van der Waals surface area contributed by atoms with Gasteiger partial charge in [0.2, 0.25) is 5.91 Å². The highest BCUT2D eigenvalue weighted by Gasteiger charge is 2.32. The van der Waals surface area contributed by atoms with Crippen LogP contribution >= 0.6 is 0 Å². The number of hydrogen-bond acceptors (Lipinski definition) is 5. The number of nitrogens with zero attached hydrogens (tertiary/aromatic N) is 2. The quantitative estimate of drug-likeness (QED) is 0.766. The van der Waals surface area contributed by atoms with Crippen molar-refractivity contribution in [3.63, 3.8) is 0 Å². The minimum atomic E-state index is -0.577. The molecule has 9 heteroatoms. The molecular weight excluding hydrogens is 405 g/mol. The van der Waals surface area contributed by atoms with Crippen LogP contribution in [-0.2, 0) is 20.8 Å². The second kappa shape index (κ2) is 8.63. The van der Waals surface area contributed by atoms with Crippen LogP contribution in [0.4, 0.5) is 19.7 Å². The van der Waals surface area contributed by atoms with Gasteiger partial charge in [-0.1, -0.05) is 24.3 Å². The maximum atomic E-state index is 14.8. The van der Waals surface area contributed by atoms with Gasteiger partial charge in [0.1, 0.15) is 18.5 Å². The van der Waals surface area contributed by atoms with Gasteiger partial charge in [0.05, 0.1) is 25.3 Å². The average molecular weight is 427 g/mol. The standard InChI is InChI=1S/C22H22FN3O5/c1-14(27)24-11-18-13-26(22(29)31-18)17-6-7-19(20(23)10-17)16-4-2-15(3-5-16)12-25-8-9-30-21(25)28/h2-7,10,18H,8-9,11-13H2,1H3,(H,24,27)/t18-/m0/s1. The Morgan fingerprint density at radius 2 is 1.94 bits per heavy atom. The molecule has 0 aliphatic carbocycles. The second-order valence-corrected chi connectivity index (χ2v) is 7.45. The van der Waals surface area contributed by atoms with E-state index < -0.39 is 18.0 Å². The topological polar surface area (TPSA) is 88.2 Å². The van der Waals surface area contributed by atoms with Gasteiger partial charge in [-0.15, -0.1) is 0 Å².